The van der Waals surface area contributed by atoms with Gasteiger partial charge in [0.1, 0.15) is 0 Å². The third-order valence-corrected chi connectivity index (χ3v) is 4.09. The van der Waals surface area contributed by atoms with Crippen molar-refractivity contribution in [3.8, 4) is 5.88 Å². The molecule has 18 heavy (non-hydrogen) atoms. The van der Waals surface area contributed by atoms with Crippen LogP contribution in [0.3, 0.4) is 0 Å². The van der Waals surface area contributed by atoms with Gasteiger partial charge in [0.2, 0.25) is 5.88 Å². The van der Waals surface area contributed by atoms with E-state index in [1.165, 1.54) is 0 Å². The molecule has 1 aliphatic rings. The average molecular weight is 267 g/mol. The molecule has 6 heteroatoms. The highest BCUT2D eigenvalue weighted by atomic mass is 32.2. The first-order valence-electron chi connectivity index (χ1n) is 6.07. The fraction of sp³-hybridized carbons (Fsp3) is 0.583. The number of nitrogens with zero attached hydrogens (tertiary/aromatic N) is 2. The SMILES string of the molecule is COc1ncccc1SN[C@H]1CC[C@@H](N=O)CC1. The zero-order valence-electron chi connectivity index (χ0n) is 10.3. The number of rotatable bonds is 5. The van der Waals surface area contributed by atoms with Crippen molar-refractivity contribution in [2.45, 2.75) is 42.7 Å². The summed E-state index contributed by atoms with van der Waals surface area (Å²) in [5.74, 6) is 0.637. The molecule has 98 valence electrons. The minimum atomic E-state index is 0.0148. The van der Waals surface area contributed by atoms with Gasteiger partial charge >= 0.3 is 0 Å². The van der Waals surface area contributed by atoms with Gasteiger partial charge in [-0.15, -0.1) is 0 Å². The highest BCUT2D eigenvalue weighted by molar-refractivity contribution is 7.97. The quantitative estimate of drug-likeness (QED) is 0.656. The van der Waals surface area contributed by atoms with Gasteiger partial charge in [0.05, 0.1) is 18.0 Å². The first kappa shape index (κ1) is 13.3. The van der Waals surface area contributed by atoms with E-state index in [0.717, 1.165) is 30.6 Å². The summed E-state index contributed by atoms with van der Waals surface area (Å²) in [5, 5.41) is 3.11. The van der Waals surface area contributed by atoms with Crippen LogP contribution in [0.1, 0.15) is 25.7 Å². The zero-order valence-corrected chi connectivity index (χ0v) is 11.2. The topological polar surface area (TPSA) is 63.6 Å². The van der Waals surface area contributed by atoms with Crippen LogP contribution in [0, 0.1) is 4.91 Å². The molecule has 0 atom stereocenters. The second-order valence-electron chi connectivity index (χ2n) is 4.34. The fourth-order valence-electron chi connectivity index (χ4n) is 2.05. The number of pyridine rings is 1. The van der Waals surface area contributed by atoms with Gasteiger partial charge in [-0.05, 0) is 49.8 Å². The van der Waals surface area contributed by atoms with Crippen LogP contribution < -0.4 is 9.46 Å². The smallest absolute Gasteiger partial charge is 0.228 e. The molecule has 0 aromatic carbocycles. The third-order valence-electron chi connectivity index (χ3n) is 3.11. The van der Waals surface area contributed by atoms with Crippen LogP contribution in [0.25, 0.3) is 0 Å². The van der Waals surface area contributed by atoms with Crippen molar-refractivity contribution in [3.05, 3.63) is 23.2 Å². The highest BCUT2D eigenvalue weighted by Gasteiger charge is 2.21. The minimum absolute atomic E-state index is 0.0148. The number of ether oxygens (including phenoxy) is 1. The third kappa shape index (κ3) is 3.43. The van der Waals surface area contributed by atoms with Gasteiger partial charge in [0.25, 0.3) is 0 Å². The normalized spacial score (nSPS) is 23.6. The molecule has 0 bridgehead atoms. The van der Waals surface area contributed by atoms with Gasteiger partial charge in [-0.3, -0.25) is 4.72 Å². The van der Waals surface area contributed by atoms with E-state index in [4.69, 9.17) is 4.74 Å². The largest absolute Gasteiger partial charge is 0.480 e. The maximum absolute atomic E-state index is 10.4. The van der Waals surface area contributed by atoms with E-state index in [1.807, 2.05) is 12.1 Å². The van der Waals surface area contributed by atoms with Crippen LogP contribution in [0.15, 0.2) is 28.4 Å². The Kier molecular flexibility index (Phi) is 4.95. The lowest BCUT2D eigenvalue weighted by molar-refractivity contribution is 0.378. The summed E-state index contributed by atoms with van der Waals surface area (Å²) in [4.78, 5) is 15.6. The van der Waals surface area contributed by atoms with Crippen LogP contribution in [-0.2, 0) is 0 Å². The number of nitrogens with one attached hydrogen (secondary N) is 1. The zero-order chi connectivity index (χ0) is 12.8. The van der Waals surface area contributed by atoms with Gasteiger partial charge in [0, 0.05) is 12.2 Å². The van der Waals surface area contributed by atoms with Gasteiger partial charge in [-0.1, -0.05) is 5.18 Å². The predicted octanol–water partition coefficient (Wildman–Crippen LogP) is 2.76. The molecule has 0 aliphatic heterocycles. The summed E-state index contributed by atoms with van der Waals surface area (Å²) in [5.41, 5.74) is 0. The van der Waals surface area contributed by atoms with Crippen molar-refractivity contribution >= 4 is 11.9 Å². The summed E-state index contributed by atoms with van der Waals surface area (Å²) in [7, 11) is 1.62. The molecule has 1 heterocycles. The molecule has 1 aromatic heterocycles. The molecular weight excluding hydrogens is 250 g/mol. The second-order valence-corrected chi connectivity index (χ2v) is 5.22. The van der Waals surface area contributed by atoms with Crippen LogP contribution in [0.2, 0.25) is 0 Å². The predicted molar refractivity (Wildman–Crippen MR) is 71.6 cm³/mol. The molecule has 1 aromatic rings. The summed E-state index contributed by atoms with van der Waals surface area (Å²) in [6.45, 7) is 0. The Morgan fingerprint density at radius 1 is 1.44 bits per heavy atom. The Hall–Kier alpha value is -1.14. The van der Waals surface area contributed by atoms with Crippen molar-refractivity contribution in [1.82, 2.24) is 9.71 Å². The molecule has 0 amide bonds. The summed E-state index contributed by atoms with van der Waals surface area (Å²) in [6, 6.07) is 4.31. The minimum Gasteiger partial charge on any atom is -0.480 e. The van der Waals surface area contributed by atoms with Crippen LogP contribution in [-0.4, -0.2) is 24.2 Å². The lowest BCUT2D eigenvalue weighted by atomic mass is 9.92. The maximum atomic E-state index is 10.4. The summed E-state index contributed by atoms with van der Waals surface area (Å²) >= 11 is 1.54. The summed E-state index contributed by atoms with van der Waals surface area (Å²) < 4.78 is 8.60. The van der Waals surface area contributed by atoms with E-state index in [0.29, 0.717) is 11.9 Å². The standard InChI is InChI=1S/C12H17N3O2S/c1-17-12-11(3-2-8-13-12)18-15-10-6-4-9(14-16)5-7-10/h2-3,8-10,15H,4-7H2,1H3/t9-,10+. The van der Waals surface area contributed by atoms with Crippen molar-refractivity contribution < 1.29 is 4.74 Å². The van der Waals surface area contributed by atoms with E-state index >= 15 is 0 Å². The Balaban J connectivity index is 1.83. The highest BCUT2D eigenvalue weighted by Crippen LogP contribution is 2.28. The van der Waals surface area contributed by atoms with Crippen molar-refractivity contribution in [2.24, 2.45) is 5.18 Å². The Bertz CT molecular complexity index is 395. The molecule has 1 aliphatic carbocycles. The Morgan fingerprint density at radius 2 is 2.22 bits per heavy atom. The summed E-state index contributed by atoms with van der Waals surface area (Å²) in [6.07, 6.45) is 5.46. The molecule has 2 rings (SSSR count). The lowest BCUT2D eigenvalue weighted by Gasteiger charge is -2.25. The Morgan fingerprint density at radius 3 is 2.89 bits per heavy atom. The molecule has 0 unspecified atom stereocenters. The average Bonchev–Trinajstić information content (AvgIpc) is 2.46. The molecule has 1 N–H and O–H groups in total. The molecule has 1 fully saturated rings. The van der Waals surface area contributed by atoms with Crippen molar-refractivity contribution in [3.63, 3.8) is 0 Å². The van der Waals surface area contributed by atoms with Crippen LogP contribution >= 0.6 is 11.9 Å². The van der Waals surface area contributed by atoms with E-state index in [-0.39, 0.29) is 6.04 Å². The number of aromatic nitrogens is 1. The molecule has 0 spiro atoms. The van der Waals surface area contributed by atoms with Gasteiger partial charge in [0.15, 0.2) is 0 Å². The molecule has 5 nitrogen and oxygen atoms in total. The first-order chi connectivity index (χ1) is 8.83. The number of hydrogen-bond donors (Lipinski definition) is 1. The second kappa shape index (κ2) is 6.70. The van der Waals surface area contributed by atoms with E-state index in [1.54, 1.807) is 25.3 Å². The molecule has 0 radical (unpaired) electrons. The maximum Gasteiger partial charge on any atom is 0.228 e. The van der Waals surface area contributed by atoms with Crippen LogP contribution in [0.4, 0.5) is 0 Å². The first-order valence-corrected chi connectivity index (χ1v) is 6.89. The van der Waals surface area contributed by atoms with Crippen molar-refractivity contribution in [1.29, 1.82) is 0 Å². The van der Waals surface area contributed by atoms with Gasteiger partial charge < -0.3 is 4.74 Å². The monoisotopic (exact) mass is 267 g/mol. The van der Waals surface area contributed by atoms with Crippen molar-refractivity contribution in [2.75, 3.05) is 7.11 Å². The van der Waals surface area contributed by atoms with E-state index in [9.17, 15) is 4.91 Å². The Labute approximate surface area is 111 Å². The number of methoxy groups -OCH3 is 1. The number of hydrogen-bond acceptors (Lipinski definition) is 6. The molecular formula is C12H17N3O2S. The van der Waals surface area contributed by atoms with Gasteiger partial charge in [-0.2, -0.15) is 4.91 Å². The number of nitroso groups, excluding NO2 is 1. The van der Waals surface area contributed by atoms with Gasteiger partial charge in [-0.25, -0.2) is 4.98 Å². The van der Waals surface area contributed by atoms with Crippen LogP contribution in [0.5, 0.6) is 5.88 Å². The molecule has 1 saturated carbocycles. The lowest BCUT2D eigenvalue weighted by Crippen LogP contribution is -2.29. The molecule has 0 saturated heterocycles. The van der Waals surface area contributed by atoms with E-state index in [2.05, 4.69) is 14.9 Å². The fourth-order valence-corrected chi connectivity index (χ4v) is 2.95. The van der Waals surface area contributed by atoms with E-state index < -0.39 is 0 Å².